The molecule has 1 aliphatic heterocycles. The minimum atomic E-state index is -4.34. The summed E-state index contributed by atoms with van der Waals surface area (Å²) in [6.07, 6.45) is -1.65. The highest BCUT2D eigenvalue weighted by atomic mass is 127. The van der Waals surface area contributed by atoms with Gasteiger partial charge in [-0.05, 0) is 39.6 Å². The van der Waals surface area contributed by atoms with E-state index in [0.717, 1.165) is 4.57 Å². The first-order valence-corrected chi connectivity index (χ1v) is 11.6. The highest BCUT2D eigenvalue weighted by Gasteiger charge is 2.43. The second-order valence-electron chi connectivity index (χ2n) is 6.70. The molecule has 13 nitrogen and oxygen atoms in total. The lowest BCUT2D eigenvalue weighted by Crippen LogP contribution is -2.33. The van der Waals surface area contributed by atoms with Gasteiger partial charge in [0.15, 0.2) is 0 Å². The molecule has 0 bridgehead atoms. The van der Waals surface area contributed by atoms with Crippen LogP contribution in [0.2, 0.25) is 0 Å². The number of aromatic amines is 1. The van der Waals surface area contributed by atoms with E-state index in [1.807, 2.05) is 0 Å². The number of aliphatic hydroxyl groups excluding tert-OH is 1. The summed E-state index contributed by atoms with van der Waals surface area (Å²) in [5, 5.41) is 24.3. The SMILES string of the molecule is O=c1[nH]c(=O)n([C@H]2C[C@H](Oc3no[n+]([O-])c3S(=O)(=O)c3ccccc3)[C@@H](CO)O2)cc1I. The van der Waals surface area contributed by atoms with Crippen LogP contribution in [0.4, 0.5) is 0 Å². The second kappa shape index (κ2) is 8.64. The monoisotopic (exact) mass is 578 g/mol. The van der Waals surface area contributed by atoms with E-state index in [4.69, 9.17) is 9.47 Å². The van der Waals surface area contributed by atoms with Crippen LogP contribution in [0.25, 0.3) is 0 Å². The van der Waals surface area contributed by atoms with E-state index in [0.29, 0.717) is 0 Å². The fourth-order valence-corrected chi connectivity index (χ4v) is 4.92. The van der Waals surface area contributed by atoms with Crippen molar-refractivity contribution < 1.29 is 32.5 Å². The molecule has 1 saturated heterocycles. The van der Waals surface area contributed by atoms with Gasteiger partial charge in [-0.1, -0.05) is 18.2 Å². The number of H-pyrrole nitrogens is 1. The van der Waals surface area contributed by atoms with Crippen molar-refractivity contribution >= 4 is 32.4 Å². The Morgan fingerprint density at radius 1 is 1.34 bits per heavy atom. The molecule has 1 aromatic carbocycles. The van der Waals surface area contributed by atoms with Crippen LogP contribution in [-0.4, -0.2) is 47.0 Å². The van der Waals surface area contributed by atoms with E-state index in [-0.39, 0.29) is 19.8 Å². The minimum absolute atomic E-state index is 0.0240. The van der Waals surface area contributed by atoms with E-state index in [1.165, 1.54) is 30.5 Å². The number of ether oxygens (including phenoxy) is 2. The number of nitrogens with zero attached hydrogens (tertiary/aromatic N) is 3. The molecule has 4 rings (SSSR count). The van der Waals surface area contributed by atoms with Crippen molar-refractivity contribution in [2.24, 2.45) is 0 Å². The molecule has 3 heterocycles. The molecule has 170 valence electrons. The topological polar surface area (TPSA) is 181 Å². The van der Waals surface area contributed by atoms with Crippen molar-refractivity contribution in [1.82, 2.24) is 14.7 Å². The van der Waals surface area contributed by atoms with Gasteiger partial charge in [-0.2, -0.15) is 0 Å². The summed E-state index contributed by atoms with van der Waals surface area (Å²) in [6.45, 7) is -0.535. The molecule has 0 aliphatic carbocycles. The smallest absolute Gasteiger partial charge is 0.415 e. The summed E-state index contributed by atoms with van der Waals surface area (Å²) in [4.78, 5) is 25.4. The zero-order valence-electron chi connectivity index (χ0n) is 16.0. The summed E-state index contributed by atoms with van der Waals surface area (Å²) in [5.41, 5.74) is -1.29. The zero-order chi connectivity index (χ0) is 23.0. The molecule has 1 fully saturated rings. The minimum Gasteiger partial charge on any atom is -0.448 e. The Balaban J connectivity index is 1.65. The van der Waals surface area contributed by atoms with Crippen LogP contribution in [0.5, 0.6) is 5.88 Å². The highest BCUT2D eigenvalue weighted by Crippen LogP contribution is 2.33. The van der Waals surface area contributed by atoms with Gasteiger partial charge in [0, 0.05) is 12.6 Å². The van der Waals surface area contributed by atoms with Crippen molar-refractivity contribution in [3.8, 4) is 5.88 Å². The standard InChI is InChI=1S/C17H15IN4O9S/c18-10-7-21(17(25)19-14(10)24)13-6-11(12(8-23)29-13)30-15-16(22(26)31-20-15)32(27,28)9-4-2-1-3-5-9/h1-5,7,11-13,23H,6,8H2,(H,19,24,25)/t11-,12+,13+/m0/s1. The second-order valence-corrected chi connectivity index (χ2v) is 9.73. The summed E-state index contributed by atoms with van der Waals surface area (Å²) in [5.74, 6) is -0.611. The number of sulfone groups is 1. The quantitative estimate of drug-likeness (QED) is 0.281. The molecule has 1 aliphatic rings. The first kappa shape index (κ1) is 22.4. The Kier molecular flexibility index (Phi) is 6.06. The molecule has 0 saturated carbocycles. The van der Waals surface area contributed by atoms with Crippen LogP contribution in [0, 0.1) is 8.78 Å². The third-order valence-corrected chi connectivity index (χ3v) is 7.21. The highest BCUT2D eigenvalue weighted by molar-refractivity contribution is 14.1. The van der Waals surface area contributed by atoms with Crippen LogP contribution in [0.15, 0.2) is 60.7 Å². The predicted octanol–water partition coefficient (Wildman–Crippen LogP) is -0.677. The molecule has 0 amide bonds. The average Bonchev–Trinajstić information content (AvgIpc) is 3.34. The van der Waals surface area contributed by atoms with Crippen molar-refractivity contribution in [3.05, 3.63) is 66.1 Å². The van der Waals surface area contributed by atoms with Gasteiger partial charge in [0.2, 0.25) is 0 Å². The van der Waals surface area contributed by atoms with Crippen molar-refractivity contribution in [1.29, 1.82) is 0 Å². The van der Waals surface area contributed by atoms with Gasteiger partial charge in [0.25, 0.3) is 15.4 Å². The summed E-state index contributed by atoms with van der Waals surface area (Å²) in [7, 11) is -4.34. The lowest BCUT2D eigenvalue weighted by molar-refractivity contribution is -0.832. The number of aromatic nitrogens is 4. The molecular weight excluding hydrogens is 563 g/mol. The molecule has 2 N–H and O–H groups in total. The molecule has 3 aromatic rings. The van der Waals surface area contributed by atoms with Gasteiger partial charge < -0.3 is 19.8 Å². The van der Waals surface area contributed by atoms with Gasteiger partial charge in [0.1, 0.15) is 18.4 Å². The number of hydrogen-bond donors (Lipinski definition) is 2. The van der Waals surface area contributed by atoms with Crippen molar-refractivity contribution in [3.63, 3.8) is 0 Å². The van der Waals surface area contributed by atoms with E-state index in [9.17, 15) is 28.3 Å². The fraction of sp³-hybridized carbons (Fsp3) is 0.294. The molecular formula is C17H15IN4O9S. The molecule has 0 unspecified atom stereocenters. The first-order chi connectivity index (χ1) is 15.2. The van der Waals surface area contributed by atoms with Gasteiger partial charge >= 0.3 is 16.6 Å². The van der Waals surface area contributed by atoms with E-state index in [1.54, 1.807) is 28.7 Å². The number of benzene rings is 1. The molecule has 32 heavy (non-hydrogen) atoms. The Labute approximate surface area is 192 Å². The van der Waals surface area contributed by atoms with E-state index < -0.39 is 57.0 Å². The fourth-order valence-electron chi connectivity index (χ4n) is 3.20. The van der Waals surface area contributed by atoms with E-state index in [2.05, 4.69) is 14.8 Å². The number of rotatable bonds is 6. The molecule has 15 heteroatoms. The van der Waals surface area contributed by atoms with Crippen molar-refractivity contribution in [2.45, 2.75) is 34.8 Å². The predicted molar refractivity (Wildman–Crippen MR) is 111 cm³/mol. The van der Waals surface area contributed by atoms with Crippen molar-refractivity contribution in [2.75, 3.05) is 6.61 Å². The van der Waals surface area contributed by atoms with E-state index >= 15 is 0 Å². The lowest BCUT2D eigenvalue weighted by Gasteiger charge is -2.15. The Bertz CT molecular complexity index is 1350. The Morgan fingerprint density at radius 3 is 2.75 bits per heavy atom. The third kappa shape index (κ3) is 4.03. The van der Waals surface area contributed by atoms with Gasteiger partial charge in [-0.25, -0.2) is 13.2 Å². The van der Waals surface area contributed by atoms with Gasteiger partial charge in [0.05, 0.1) is 20.2 Å². The molecule has 0 spiro atoms. The summed E-state index contributed by atoms with van der Waals surface area (Å²) in [6, 6.07) is 7.16. The normalized spacial score (nSPS) is 21.0. The Hall–Kier alpha value is -2.76. The zero-order valence-corrected chi connectivity index (χ0v) is 18.9. The number of nitrogens with one attached hydrogen (secondary N) is 1. The maximum Gasteiger partial charge on any atom is 0.415 e. The molecule has 3 atom stereocenters. The Morgan fingerprint density at radius 2 is 2.06 bits per heavy atom. The largest absolute Gasteiger partial charge is 0.448 e. The van der Waals surface area contributed by atoms with Crippen LogP contribution >= 0.6 is 22.6 Å². The van der Waals surface area contributed by atoms with Crippen LogP contribution in [0.1, 0.15) is 12.6 Å². The van der Waals surface area contributed by atoms with Crippen LogP contribution in [0.3, 0.4) is 0 Å². The maximum atomic E-state index is 12.9. The van der Waals surface area contributed by atoms with Crippen LogP contribution in [-0.2, 0) is 14.6 Å². The third-order valence-electron chi connectivity index (χ3n) is 4.71. The summed E-state index contributed by atoms with van der Waals surface area (Å²) < 4.78 is 42.8. The lowest BCUT2D eigenvalue weighted by atomic mass is 10.2. The number of halogens is 1. The summed E-state index contributed by atoms with van der Waals surface area (Å²) >= 11 is 1.75. The number of hydrogen-bond acceptors (Lipinski definition) is 10. The number of aliphatic hydroxyl groups is 1. The van der Waals surface area contributed by atoms with Gasteiger partial charge in [-0.3, -0.25) is 19.0 Å². The average molecular weight is 578 g/mol. The van der Waals surface area contributed by atoms with Crippen LogP contribution < -0.4 is 20.9 Å². The molecule has 0 radical (unpaired) electrons. The van der Waals surface area contributed by atoms with Gasteiger partial charge in [-0.15, -0.1) is 0 Å². The molecule has 2 aromatic heterocycles. The first-order valence-electron chi connectivity index (χ1n) is 9.06. The maximum absolute atomic E-state index is 12.9.